The summed E-state index contributed by atoms with van der Waals surface area (Å²) < 4.78 is 0. The van der Waals surface area contributed by atoms with Gasteiger partial charge in [-0.25, -0.2) is 0 Å². The molecule has 0 aromatic heterocycles. The minimum absolute atomic E-state index is 0.188. The van der Waals surface area contributed by atoms with Crippen molar-refractivity contribution in [2.75, 3.05) is 0 Å². The highest BCUT2D eigenvalue weighted by Gasteiger charge is 2.58. The molecule has 0 spiro atoms. The maximum atomic E-state index is 10.6. The van der Waals surface area contributed by atoms with Crippen molar-refractivity contribution in [1.29, 1.82) is 0 Å². The highest BCUT2D eigenvalue weighted by Crippen LogP contribution is 2.66. The first-order valence-electron chi connectivity index (χ1n) is 12.7. The van der Waals surface area contributed by atoms with E-state index in [2.05, 4.69) is 52.8 Å². The molecule has 0 saturated heterocycles. The van der Waals surface area contributed by atoms with E-state index in [0.717, 1.165) is 41.9 Å². The van der Waals surface area contributed by atoms with Crippen LogP contribution >= 0.6 is 0 Å². The molecule has 1 nitrogen and oxygen atoms in total. The van der Waals surface area contributed by atoms with Crippen molar-refractivity contribution >= 4 is 0 Å². The van der Waals surface area contributed by atoms with Gasteiger partial charge in [0.25, 0.3) is 0 Å². The van der Waals surface area contributed by atoms with Gasteiger partial charge in [0.2, 0.25) is 0 Å². The Kier molecular flexibility index (Phi) is 5.63. The predicted molar refractivity (Wildman–Crippen MR) is 124 cm³/mol. The lowest BCUT2D eigenvalue weighted by atomic mass is 9.47. The fourth-order valence-corrected chi connectivity index (χ4v) is 8.41. The van der Waals surface area contributed by atoms with E-state index >= 15 is 0 Å². The maximum Gasteiger partial charge on any atom is 0.0837 e. The molecule has 4 rings (SSSR count). The van der Waals surface area contributed by atoms with Crippen LogP contribution in [-0.4, -0.2) is 10.7 Å². The van der Waals surface area contributed by atoms with Gasteiger partial charge in [0.05, 0.1) is 5.60 Å². The Morgan fingerprint density at radius 1 is 1.00 bits per heavy atom. The summed E-state index contributed by atoms with van der Waals surface area (Å²) >= 11 is 0. The minimum atomic E-state index is -0.648. The van der Waals surface area contributed by atoms with Crippen LogP contribution in [0.1, 0.15) is 99.3 Å². The van der Waals surface area contributed by atoms with Gasteiger partial charge >= 0.3 is 0 Å². The lowest BCUT2D eigenvalue weighted by Gasteiger charge is -2.57. The third-order valence-corrected chi connectivity index (χ3v) is 10.1. The van der Waals surface area contributed by atoms with Crippen molar-refractivity contribution in [2.24, 2.45) is 46.3 Å². The fraction of sp³-hybridized carbons (Fsp3) is 0.857. The molecule has 8 atom stereocenters. The van der Waals surface area contributed by atoms with Crippen molar-refractivity contribution in [3.63, 3.8) is 0 Å². The topological polar surface area (TPSA) is 20.2 Å². The highest BCUT2D eigenvalue weighted by molar-refractivity contribution is 5.34. The Morgan fingerprint density at radius 3 is 2.48 bits per heavy atom. The van der Waals surface area contributed by atoms with Crippen molar-refractivity contribution in [2.45, 2.75) is 105 Å². The van der Waals surface area contributed by atoms with Crippen LogP contribution in [0.15, 0.2) is 23.8 Å². The van der Waals surface area contributed by atoms with Gasteiger partial charge in [-0.05, 0) is 80.0 Å². The zero-order chi connectivity index (χ0) is 21.0. The van der Waals surface area contributed by atoms with Gasteiger partial charge in [-0.2, -0.15) is 0 Å². The average molecular weight is 399 g/mol. The SMILES string of the molecule is CC(C)CCC[C@@H](C)[C@H]1CC[C@H]2[C@@H]3CC=C4C[C@@](C)(O)C=C[C@]4(C)[C@H]3CC[C@]12C. The van der Waals surface area contributed by atoms with Crippen LogP contribution in [0, 0.1) is 46.3 Å². The molecule has 2 fully saturated rings. The second-order valence-electron chi connectivity index (χ2n) is 12.5. The summed E-state index contributed by atoms with van der Waals surface area (Å²) in [6.45, 7) is 14.4. The lowest BCUT2D eigenvalue weighted by Crippen LogP contribution is -2.50. The molecule has 29 heavy (non-hydrogen) atoms. The first-order chi connectivity index (χ1) is 13.6. The third-order valence-electron chi connectivity index (χ3n) is 10.1. The molecule has 0 heterocycles. The number of rotatable bonds is 5. The molecule has 0 radical (unpaired) electrons. The molecule has 0 aliphatic heterocycles. The van der Waals surface area contributed by atoms with Gasteiger partial charge in [0.1, 0.15) is 0 Å². The Hall–Kier alpha value is -0.560. The Balaban J connectivity index is 1.51. The standard InChI is InChI=1S/C28H46O/c1-19(2)8-7-9-20(3)23-12-13-24-22-11-10-21-18-26(4,29)16-17-27(21,5)25(22)14-15-28(23,24)6/h10,16-17,19-20,22-25,29H,7-9,11-15,18H2,1-6H3/t20-,22+,23-,24+,25+,26+,27+,28-/m1/s1. The zero-order valence-electron chi connectivity index (χ0n) is 20.0. The second kappa shape index (κ2) is 7.54. The largest absolute Gasteiger partial charge is 0.386 e. The Morgan fingerprint density at radius 2 is 1.76 bits per heavy atom. The Labute approximate surface area is 180 Å². The van der Waals surface area contributed by atoms with Gasteiger partial charge in [-0.3, -0.25) is 0 Å². The quantitative estimate of drug-likeness (QED) is 0.474. The van der Waals surface area contributed by atoms with E-state index in [4.69, 9.17) is 0 Å². The fourth-order valence-electron chi connectivity index (χ4n) is 8.41. The lowest BCUT2D eigenvalue weighted by molar-refractivity contribution is -0.0382. The van der Waals surface area contributed by atoms with Crippen LogP contribution in [0.25, 0.3) is 0 Å². The smallest absolute Gasteiger partial charge is 0.0837 e. The molecule has 4 aliphatic rings. The number of hydrogen-bond donors (Lipinski definition) is 1. The number of allylic oxidation sites excluding steroid dienone is 2. The number of hydrogen-bond acceptors (Lipinski definition) is 1. The molecule has 4 aliphatic carbocycles. The summed E-state index contributed by atoms with van der Waals surface area (Å²) in [5, 5.41) is 10.6. The summed E-state index contributed by atoms with van der Waals surface area (Å²) in [5.74, 6) is 5.20. The van der Waals surface area contributed by atoms with Crippen LogP contribution < -0.4 is 0 Å². The zero-order valence-corrected chi connectivity index (χ0v) is 20.0. The molecule has 0 bridgehead atoms. The van der Waals surface area contributed by atoms with E-state index in [0.29, 0.717) is 5.41 Å². The van der Waals surface area contributed by atoms with Gasteiger partial charge in [-0.15, -0.1) is 0 Å². The van der Waals surface area contributed by atoms with Gasteiger partial charge in [-0.1, -0.05) is 77.7 Å². The summed E-state index contributed by atoms with van der Waals surface area (Å²) in [4.78, 5) is 0. The summed E-state index contributed by atoms with van der Waals surface area (Å²) in [6, 6.07) is 0. The van der Waals surface area contributed by atoms with E-state index < -0.39 is 5.60 Å². The van der Waals surface area contributed by atoms with E-state index in [-0.39, 0.29) is 5.41 Å². The normalized spacial score (nSPS) is 47.4. The monoisotopic (exact) mass is 398 g/mol. The molecular weight excluding hydrogens is 352 g/mol. The highest BCUT2D eigenvalue weighted by atomic mass is 16.3. The predicted octanol–water partition coefficient (Wildman–Crippen LogP) is 7.55. The number of fused-ring (bicyclic) bond motifs is 5. The third kappa shape index (κ3) is 3.68. The van der Waals surface area contributed by atoms with Crippen LogP contribution in [-0.2, 0) is 0 Å². The summed E-state index contributed by atoms with van der Waals surface area (Å²) in [6.07, 6.45) is 19.1. The van der Waals surface area contributed by atoms with E-state index in [9.17, 15) is 5.11 Å². The Bertz CT molecular complexity index is 670. The minimum Gasteiger partial charge on any atom is -0.386 e. The first kappa shape index (κ1) is 21.7. The maximum absolute atomic E-state index is 10.6. The first-order valence-corrected chi connectivity index (χ1v) is 12.7. The van der Waals surface area contributed by atoms with Gasteiger partial charge in [0.15, 0.2) is 0 Å². The number of aliphatic hydroxyl groups is 1. The van der Waals surface area contributed by atoms with Crippen molar-refractivity contribution in [1.82, 2.24) is 0 Å². The molecule has 164 valence electrons. The van der Waals surface area contributed by atoms with Crippen LogP contribution in [0.5, 0.6) is 0 Å². The molecule has 2 saturated carbocycles. The molecular formula is C28H46O. The van der Waals surface area contributed by atoms with E-state index in [1.807, 2.05) is 6.92 Å². The molecule has 1 heteroatoms. The molecule has 0 aromatic carbocycles. The molecule has 1 N–H and O–H groups in total. The molecule has 0 aromatic rings. The summed E-state index contributed by atoms with van der Waals surface area (Å²) in [5.41, 5.74) is 1.62. The van der Waals surface area contributed by atoms with Crippen LogP contribution in [0.4, 0.5) is 0 Å². The van der Waals surface area contributed by atoms with Gasteiger partial charge in [0, 0.05) is 11.8 Å². The summed E-state index contributed by atoms with van der Waals surface area (Å²) in [7, 11) is 0. The van der Waals surface area contributed by atoms with Crippen molar-refractivity contribution in [3.8, 4) is 0 Å². The van der Waals surface area contributed by atoms with E-state index in [1.54, 1.807) is 0 Å². The van der Waals surface area contributed by atoms with Crippen molar-refractivity contribution < 1.29 is 5.11 Å². The van der Waals surface area contributed by atoms with Crippen LogP contribution in [0.2, 0.25) is 0 Å². The van der Waals surface area contributed by atoms with Crippen molar-refractivity contribution in [3.05, 3.63) is 23.8 Å². The average Bonchev–Trinajstić information content (AvgIpc) is 2.99. The van der Waals surface area contributed by atoms with E-state index in [1.165, 1.54) is 56.9 Å². The van der Waals surface area contributed by atoms with Crippen LogP contribution in [0.3, 0.4) is 0 Å². The molecule has 0 amide bonds. The second-order valence-corrected chi connectivity index (χ2v) is 12.5. The molecule has 0 unspecified atom stereocenters. The van der Waals surface area contributed by atoms with Gasteiger partial charge < -0.3 is 5.11 Å².